The Morgan fingerprint density at radius 1 is 1.57 bits per heavy atom. The summed E-state index contributed by atoms with van der Waals surface area (Å²) in [5.74, 6) is -1.25. The summed E-state index contributed by atoms with van der Waals surface area (Å²) in [6, 6.07) is 6.56. The molecular weight excluding hydrogens is 250 g/mol. The second-order valence-electron chi connectivity index (χ2n) is 2.94. The molecule has 4 nitrogen and oxygen atoms in total. The highest BCUT2D eigenvalue weighted by Crippen LogP contribution is 2.21. The average Bonchev–Trinajstić information content (AvgIpc) is 2.16. The van der Waals surface area contributed by atoms with Crippen LogP contribution in [0.4, 0.5) is 0 Å². The minimum atomic E-state index is -1.73. The van der Waals surface area contributed by atoms with E-state index in [1.54, 1.807) is 24.3 Å². The second kappa shape index (κ2) is 4.08. The lowest BCUT2D eigenvalue weighted by atomic mass is 9.92. The number of hydrogen-bond donors (Lipinski definition) is 3. The normalized spacial score (nSPS) is 14.8. The molecule has 0 aliphatic rings. The van der Waals surface area contributed by atoms with E-state index in [2.05, 4.69) is 15.9 Å². The van der Waals surface area contributed by atoms with Gasteiger partial charge in [-0.25, -0.2) is 4.79 Å². The Balaban J connectivity index is 3.19. The zero-order valence-corrected chi connectivity index (χ0v) is 8.86. The van der Waals surface area contributed by atoms with Crippen molar-refractivity contribution in [1.82, 2.24) is 0 Å². The molecule has 0 aliphatic carbocycles. The zero-order valence-electron chi connectivity index (χ0n) is 7.27. The van der Waals surface area contributed by atoms with Crippen LogP contribution in [0.5, 0.6) is 0 Å². The molecule has 1 rings (SSSR count). The number of halogens is 1. The summed E-state index contributed by atoms with van der Waals surface area (Å²) in [4.78, 5) is 10.9. The molecule has 1 aromatic rings. The predicted octanol–water partition coefficient (Wildman–Crippen LogP) is 0.680. The topological polar surface area (TPSA) is 83.5 Å². The molecule has 0 aliphatic heterocycles. The van der Waals surface area contributed by atoms with Gasteiger partial charge >= 0.3 is 5.97 Å². The van der Waals surface area contributed by atoms with Crippen molar-refractivity contribution in [3.63, 3.8) is 0 Å². The van der Waals surface area contributed by atoms with Crippen LogP contribution in [0.25, 0.3) is 0 Å². The Kier molecular flexibility index (Phi) is 3.25. The van der Waals surface area contributed by atoms with Crippen molar-refractivity contribution in [1.29, 1.82) is 0 Å². The van der Waals surface area contributed by atoms with Crippen molar-refractivity contribution in [2.75, 3.05) is 6.61 Å². The highest BCUT2D eigenvalue weighted by Gasteiger charge is 2.35. The molecular formula is C9H10BrNO3. The van der Waals surface area contributed by atoms with E-state index in [0.717, 1.165) is 4.47 Å². The lowest BCUT2D eigenvalue weighted by Gasteiger charge is -2.22. The summed E-state index contributed by atoms with van der Waals surface area (Å²) < 4.78 is 0.722. The Morgan fingerprint density at radius 3 is 2.64 bits per heavy atom. The summed E-state index contributed by atoms with van der Waals surface area (Å²) in [6.45, 7) is -0.640. The number of carbonyl (C=O) groups is 1. The van der Waals surface area contributed by atoms with Crippen molar-refractivity contribution < 1.29 is 15.0 Å². The predicted molar refractivity (Wildman–Crippen MR) is 54.7 cm³/mol. The van der Waals surface area contributed by atoms with Gasteiger partial charge in [0, 0.05) is 4.47 Å². The Morgan fingerprint density at radius 2 is 2.21 bits per heavy atom. The van der Waals surface area contributed by atoms with E-state index in [4.69, 9.17) is 15.9 Å². The van der Waals surface area contributed by atoms with Crippen LogP contribution in [0.3, 0.4) is 0 Å². The third kappa shape index (κ3) is 1.95. The molecule has 76 valence electrons. The molecule has 0 saturated heterocycles. The van der Waals surface area contributed by atoms with Crippen molar-refractivity contribution >= 4 is 21.9 Å². The average molecular weight is 260 g/mol. The molecule has 0 saturated carbocycles. The van der Waals surface area contributed by atoms with Gasteiger partial charge < -0.3 is 15.9 Å². The number of carboxylic acids is 1. The molecule has 0 amide bonds. The van der Waals surface area contributed by atoms with E-state index in [1.165, 1.54) is 0 Å². The summed E-state index contributed by atoms with van der Waals surface area (Å²) in [6.07, 6.45) is 0. The fourth-order valence-electron chi connectivity index (χ4n) is 1.05. The molecule has 1 aromatic carbocycles. The molecule has 0 fully saturated rings. The molecule has 0 radical (unpaired) electrons. The number of hydrogen-bond acceptors (Lipinski definition) is 3. The summed E-state index contributed by atoms with van der Waals surface area (Å²) in [5, 5.41) is 17.9. The van der Waals surface area contributed by atoms with Crippen LogP contribution in [0, 0.1) is 0 Å². The van der Waals surface area contributed by atoms with E-state index in [0.29, 0.717) is 5.56 Å². The lowest BCUT2D eigenvalue weighted by molar-refractivity contribution is -0.145. The summed E-state index contributed by atoms with van der Waals surface area (Å²) >= 11 is 3.20. The van der Waals surface area contributed by atoms with Gasteiger partial charge in [0.25, 0.3) is 0 Å². The van der Waals surface area contributed by atoms with E-state index in [1.807, 2.05) is 0 Å². The van der Waals surface area contributed by atoms with Gasteiger partial charge in [-0.2, -0.15) is 0 Å². The number of rotatable bonds is 3. The highest BCUT2D eigenvalue weighted by atomic mass is 79.9. The second-order valence-corrected chi connectivity index (χ2v) is 3.86. The Labute approximate surface area is 89.5 Å². The van der Waals surface area contributed by atoms with E-state index in [9.17, 15) is 4.79 Å². The van der Waals surface area contributed by atoms with Crippen LogP contribution in [-0.4, -0.2) is 22.8 Å². The summed E-state index contributed by atoms with van der Waals surface area (Å²) in [5.41, 5.74) is 4.19. The largest absolute Gasteiger partial charge is 0.480 e. The van der Waals surface area contributed by atoms with E-state index >= 15 is 0 Å². The Hall–Kier alpha value is -0.910. The van der Waals surface area contributed by atoms with Gasteiger partial charge in [0.05, 0.1) is 6.61 Å². The van der Waals surface area contributed by atoms with Gasteiger partial charge in [0.1, 0.15) is 0 Å². The first-order chi connectivity index (χ1) is 6.50. The molecule has 5 heteroatoms. The molecule has 0 bridgehead atoms. The van der Waals surface area contributed by atoms with Crippen LogP contribution in [0.15, 0.2) is 28.7 Å². The monoisotopic (exact) mass is 259 g/mol. The number of aliphatic hydroxyl groups is 1. The van der Waals surface area contributed by atoms with Gasteiger partial charge in [-0.3, -0.25) is 0 Å². The van der Waals surface area contributed by atoms with Crippen LogP contribution >= 0.6 is 15.9 Å². The molecule has 0 heterocycles. The molecule has 14 heavy (non-hydrogen) atoms. The lowest BCUT2D eigenvalue weighted by Crippen LogP contribution is -2.48. The van der Waals surface area contributed by atoms with Crippen molar-refractivity contribution in [3.05, 3.63) is 34.3 Å². The highest BCUT2D eigenvalue weighted by molar-refractivity contribution is 9.10. The molecule has 1 atom stereocenters. The third-order valence-corrected chi connectivity index (χ3v) is 2.46. The minimum absolute atomic E-state index is 0.363. The first-order valence-electron chi connectivity index (χ1n) is 3.90. The van der Waals surface area contributed by atoms with Crippen molar-refractivity contribution in [2.45, 2.75) is 5.54 Å². The molecule has 0 unspecified atom stereocenters. The van der Waals surface area contributed by atoms with Gasteiger partial charge in [-0.1, -0.05) is 28.1 Å². The zero-order chi connectivity index (χ0) is 10.8. The van der Waals surface area contributed by atoms with Gasteiger partial charge in [-0.05, 0) is 17.7 Å². The minimum Gasteiger partial charge on any atom is -0.480 e. The fourth-order valence-corrected chi connectivity index (χ4v) is 1.45. The maximum Gasteiger partial charge on any atom is 0.330 e. The number of carboxylic acid groups (broad SMARTS) is 1. The molecule has 4 N–H and O–H groups in total. The van der Waals surface area contributed by atoms with Crippen LogP contribution in [0.1, 0.15) is 5.56 Å². The SMILES string of the molecule is N[C@](CO)(C(=O)O)c1cccc(Br)c1. The van der Waals surface area contributed by atoms with Crippen LogP contribution in [-0.2, 0) is 10.3 Å². The molecule has 0 spiro atoms. The van der Waals surface area contributed by atoms with Gasteiger partial charge in [-0.15, -0.1) is 0 Å². The van der Waals surface area contributed by atoms with Crippen LogP contribution in [0.2, 0.25) is 0 Å². The molecule has 0 aromatic heterocycles. The quantitative estimate of drug-likeness (QED) is 0.746. The first kappa shape index (κ1) is 11.2. The number of benzene rings is 1. The Bertz CT molecular complexity index is 356. The fraction of sp³-hybridized carbons (Fsp3) is 0.222. The van der Waals surface area contributed by atoms with E-state index in [-0.39, 0.29) is 0 Å². The maximum absolute atomic E-state index is 10.9. The van der Waals surface area contributed by atoms with Gasteiger partial charge in [0.2, 0.25) is 0 Å². The standard InChI is InChI=1S/C9H10BrNO3/c10-7-3-1-2-6(4-7)9(11,5-12)8(13)14/h1-4,12H,5,11H2,(H,13,14)/t9-/m0/s1. The number of aliphatic carboxylic acids is 1. The summed E-state index contributed by atoms with van der Waals surface area (Å²) in [7, 11) is 0. The maximum atomic E-state index is 10.9. The van der Waals surface area contributed by atoms with Crippen LogP contribution < -0.4 is 5.73 Å². The first-order valence-corrected chi connectivity index (χ1v) is 4.69. The smallest absolute Gasteiger partial charge is 0.330 e. The van der Waals surface area contributed by atoms with E-state index < -0.39 is 18.1 Å². The number of nitrogens with two attached hydrogens (primary N) is 1. The number of aliphatic hydroxyl groups excluding tert-OH is 1. The third-order valence-electron chi connectivity index (χ3n) is 1.97. The van der Waals surface area contributed by atoms with Gasteiger partial charge in [0.15, 0.2) is 5.54 Å². The van der Waals surface area contributed by atoms with Crippen molar-refractivity contribution in [3.8, 4) is 0 Å². The van der Waals surface area contributed by atoms with Crippen molar-refractivity contribution in [2.24, 2.45) is 5.73 Å².